The maximum absolute atomic E-state index is 10.0. The molecule has 86 valence electrons. The van der Waals surface area contributed by atoms with Crippen molar-refractivity contribution in [3.05, 3.63) is 35.4 Å². The summed E-state index contributed by atoms with van der Waals surface area (Å²) in [7, 11) is 0. The normalized spacial score (nSPS) is 13.0. The third kappa shape index (κ3) is 3.32. The largest absolute Gasteiger partial charge is 0.234 e. The lowest BCUT2D eigenvalue weighted by Gasteiger charge is -2.19. The van der Waals surface area contributed by atoms with Crippen LogP contribution in [0.2, 0.25) is 0 Å². The van der Waals surface area contributed by atoms with E-state index in [4.69, 9.17) is 0 Å². The van der Waals surface area contributed by atoms with Gasteiger partial charge in [0.25, 0.3) is 0 Å². The summed E-state index contributed by atoms with van der Waals surface area (Å²) in [6.45, 7) is 9.16. The smallest absolute Gasteiger partial charge is 0.211 e. The molecule has 0 saturated carbocycles. The van der Waals surface area contributed by atoms with E-state index in [1.54, 1.807) is 6.08 Å². The van der Waals surface area contributed by atoms with Gasteiger partial charge >= 0.3 is 0 Å². The van der Waals surface area contributed by atoms with Gasteiger partial charge in [-0.25, -0.2) is 9.79 Å². The van der Waals surface area contributed by atoms with Crippen LogP contribution < -0.4 is 0 Å². The number of hydrogen-bond donors (Lipinski definition) is 0. The van der Waals surface area contributed by atoms with Crippen LogP contribution in [0.4, 0.5) is 0 Å². The first-order valence-corrected chi connectivity index (χ1v) is 5.59. The molecule has 0 fully saturated rings. The van der Waals surface area contributed by atoms with Crippen molar-refractivity contribution in [1.82, 2.24) is 0 Å². The average molecular weight is 217 g/mol. The molecule has 0 bridgehead atoms. The predicted molar refractivity (Wildman–Crippen MR) is 66.5 cm³/mol. The highest BCUT2D eigenvalue weighted by molar-refractivity contribution is 5.34. The number of carbonyl (C=O) groups excluding carboxylic acids is 1. The molecule has 0 aliphatic carbocycles. The zero-order valence-corrected chi connectivity index (χ0v) is 10.4. The van der Waals surface area contributed by atoms with Crippen molar-refractivity contribution in [2.24, 2.45) is 4.99 Å². The van der Waals surface area contributed by atoms with Crippen LogP contribution in [0.25, 0.3) is 0 Å². The predicted octanol–water partition coefficient (Wildman–Crippen LogP) is 3.42. The Labute approximate surface area is 97.4 Å². The van der Waals surface area contributed by atoms with Crippen LogP contribution in [0, 0.1) is 0 Å². The molecule has 0 aliphatic rings. The molecule has 0 saturated heterocycles. The summed E-state index contributed by atoms with van der Waals surface area (Å²) in [6, 6.07) is 8.53. The first kappa shape index (κ1) is 12.7. The van der Waals surface area contributed by atoms with E-state index >= 15 is 0 Å². The van der Waals surface area contributed by atoms with Gasteiger partial charge in [-0.05, 0) is 16.5 Å². The van der Waals surface area contributed by atoms with Crippen molar-refractivity contribution in [3.63, 3.8) is 0 Å². The molecule has 1 aromatic carbocycles. The highest BCUT2D eigenvalue weighted by Gasteiger charge is 2.13. The average Bonchev–Trinajstić information content (AvgIpc) is 2.25. The summed E-state index contributed by atoms with van der Waals surface area (Å²) in [5.41, 5.74) is 2.72. The summed E-state index contributed by atoms with van der Waals surface area (Å²) in [6.07, 6.45) is 1.58. The molecule has 2 nitrogen and oxygen atoms in total. The quantitative estimate of drug-likeness (QED) is 0.563. The van der Waals surface area contributed by atoms with E-state index in [2.05, 4.69) is 57.0 Å². The molecule has 0 N–H and O–H groups in total. The SMILES string of the molecule is CC(CN=C=O)c1ccc(C(C)(C)C)cc1. The van der Waals surface area contributed by atoms with Gasteiger partial charge in [-0.15, -0.1) is 0 Å². The second-order valence-corrected chi connectivity index (χ2v) is 5.21. The fraction of sp³-hybridized carbons (Fsp3) is 0.500. The minimum Gasteiger partial charge on any atom is -0.211 e. The highest BCUT2D eigenvalue weighted by Crippen LogP contribution is 2.24. The van der Waals surface area contributed by atoms with E-state index in [0.717, 1.165) is 0 Å². The van der Waals surface area contributed by atoms with E-state index < -0.39 is 0 Å². The van der Waals surface area contributed by atoms with Gasteiger partial charge in [-0.3, -0.25) is 0 Å². The molecule has 1 unspecified atom stereocenters. The summed E-state index contributed by atoms with van der Waals surface area (Å²) in [5.74, 6) is 0.274. The fourth-order valence-electron chi connectivity index (χ4n) is 1.59. The van der Waals surface area contributed by atoms with Gasteiger partial charge < -0.3 is 0 Å². The van der Waals surface area contributed by atoms with Crippen LogP contribution in [-0.4, -0.2) is 12.6 Å². The Balaban J connectivity index is 2.82. The molecular weight excluding hydrogens is 198 g/mol. The molecule has 0 spiro atoms. The Kier molecular flexibility index (Phi) is 4.03. The monoisotopic (exact) mass is 217 g/mol. The summed E-state index contributed by atoms with van der Waals surface area (Å²) in [4.78, 5) is 13.6. The Morgan fingerprint density at radius 1 is 1.25 bits per heavy atom. The molecule has 16 heavy (non-hydrogen) atoms. The first-order valence-electron chi connectivity index (χ1n) is 5.59. The lowest BCUT2D eigenvalue weighted by atomic mass is 9.86. The van der Waals surface area contributed by atoms with Crippen LogP contribution in [0.15, 0.2) is 29.3 Å². The Hall–Kier alpha value is -1.40. The molecule has 0 amide bonds. The third-order valence-corrected chi connectivity index (χ3v) is 2.78. The van der Waals surface area contributed by atoms with Gasteiger partial charge in [0.1, 0.15) is 0 Å². The van der Waals surface area contributed by atoms with Gasteiger partial charge in [0, 0.05) is 5.92 Å². The zero-order valence-electron chi connectivity index (χ0n) is 10.4. The molecule has 0 radical (unpaired) electrons. The number of hydrogen-bond acceptors (Lipinski definition) is 2. The second kappa shape index (κ2) is 5.09. The van der Waals surface area contributed by atoms with Crippen LogP contribution in [0.5, 0.6) is 0 Å². The summed E-state index contributed by atoms with van der Waals surface area (Å²) >= 11 is 0. The number of isocyanates is 1. The first-order chi connectivity index (χ1) is 7.45. The lowest BCUT2D eigenvalue weighted by molar-refractivity contribution is 0.561. The Morgan fingerprint density at radius 3 is 2.25 bits per heavy atom. The van der Waals surface area contributed by atoms with Gasteiger partial charge in [0.2, 0.25) is 6.08 Å². The Bertz CT molecular complexity index is 380. The van der Waals surface area contributed by atoms with Gasteiger partial charge in [0.05, 0.1) is 6.54 Å². The van der Waals surface area contributed by atoms with Crippen LogP contribution >= 0.6 is 0 Å². The second-order valence-electron chi connectivity index (χ2n) is 5.21. The van der Waals surface area contributed by atoms with Crippen LogP contribution in [-0.2, 0) is 10.2 Å². The summed E-state index contributed by atoms with van der Waals surface area (Å²) in [5, 5.41) is 0. The van der Waals surface area contributed by atoms with Crippen molar-refractivity contribution in [1.29, 1.82) is 0 Å². The minimum atomic E-state index is 0.183. The van der Waals surface area contributed by atoms with Crippen molar-refractivity contribution in [2.45, 2.75) is 39.0 Å². The van der Waals surface area contributed by atoms with Gasteiger partial charge in [-0.2, -0.15) is 0 Å². The Morgan fingerprint density at radius 2 is 1.81 bits per heavy atom. The number of aliphatic imine (C=N–C) groups is 1. The van der Waals surface area contributed by atoms with E-state index in [1.165, 1.54) is 11.1 Å². The standard InChI is InChI=1S/C14H19NO/c1-11(9-15-10-16)12-5-7-13(8-6-12)14(2,3)4/h5-8,11H,9H2,1-4H3. The van der Waals surface area contributed by atoms with E-state index in [9.17, 15) is 4.79 Å². The van der Waals surface area contributed by atoms with Crippen molar-refractivity contribution in [2.75, 3.05) is 6.54 Å². The summed E-state index contributed by atoms with van der Waals surface area (Å²) < 4.78 is 0. The number of benzene rings is 1. The van der Waals surface area contributed by atoms with Crippen molar-refractivity contribution >= 4 is 6.08 Å². The molecular formula is C14H19NO. The maximum Gasteiger partial charge on any atom is 0.234 e. The molecule has 0 aromatic heterocycles. The van der Waals surface area contributed by atoms with Crippen LogP contribution in [0.1, 0.15) is 44.7 Å². The van der Waals surface area contributed by atoms with E-state index in [-0.39, 0.29) is 11.3 Å². The van der Waals surface area contributed by atoms with Gasteiger partial charge in [-0.1, -0.05) is 52.0 Å². The zero-order chi connectivity index (χ0) is 12.2. The third-order valence-electron chi connectivity index (χ3n) is 2.78. The molecule has 1 aromatic rings. The minimum absolute atomic E-state index is 0.183. The van der Waals surface area contributed by atoms with E-state index in [1.807, 2.05) is 0 Å². The fourth-order valence-corrected chi connectivity index (χ4v) is 1.59. The topological polar surface area (TPSA) is 29.4 Å². The van der Waals surface area contributed by atoms with Crippen molar-refractivity contribution < 1.29 is 4.79 Å². The highest BCUT2D eigenvalue weighted by atomic mass is 16.1. The van der Waals surface area contributed by atoms with Crippen molar-refractivity contribution in [3.8, 4) is 0 Å². The molecule has 0 heterocycles. The van der Waals surface area contributed by atoms with Gasteiger partial charge in [0.15, 0.2) is 0 Å². The van der Waals surface area contributed by atoms with E-state index in [0.29, 0.717) is 6.54 Å². The maximum atomic E-state index is 10.0. The van der Waals surface area contributed by atoms with Crippen LogP contribution in [0.3, 0.4) is 0 Å². The molecule has 0 aliphatic heterocycles. The molecule has 1 atom stereocenters. The molecule has 1 rings (SSSR count). The lowest BCUT2D eigenvalue weighted by Crippen LogP contribution is -2.11. The number of rotatable bonds is 3. The number of nitrogens with zero attached hydrogens (tertiary/aromatic N) is 1. The molecule has 2 heteroatoms.